The molecule has 1 aliphatic rings. The van der Waals surface area contributed by atoms with E-state index < -0.39 is 0 Å². The van der Waals surface area contributed by atoms with Crippen molar-refractivity contribution in [1.29, 1.82) is 0 Å². The van der Waals surface area contributed by atoms with E-state index in [1.807, 2.05) is 24.3 Å². The number of unbranched alkanes of at least 4 members (excludes halogenated alkanes) is 2. The summed E-state index contributed by atoms with van der Waals surface area (Å²) >= 11 is 0. The molecule has 1 unspecified atom stereocenters. The van der Waals surface area contributed by atoms with Gasteiger partial charge < -0.3 is 4.74 Å². The van der Waals surface area contributed by atoms with Crippen LogP contribution in [0.15, 0.2) is 53.8 Å². The van der Waals surface area contributed by atoms with E-state index in [-0.39, 0.29) is 5.54 Å². The van der Waals surface area contributed by atoms with Gasteiger partial charge in [-0.05, 0) is 50.9 Å². The highest BCUT2D eigenvalue weighted by Gasteiger charge is 2.32. The number of aldehydes is 1. The van der Waals surface area contributed by atoms with Crippen molar-refractivity contribution in [2.24, 2.45) is 0 Å². The van der Waals surface area contributed by atoms with Gasteiger partial charge in [-0.2, -0.15) is 0 Å². The summed E-state index contributed by atoms with van der Waals surface area (Å²) in [5.74, 6) is 0.938. The maximum Gasteiger partial charge on any atom is 0.150 e. The molecule has 0 bridgehead atoms. The highest BCUT2D eigenvalue weighted by atomic mass is 16.5. The smallest absolute Gasteiger partial charge is 0.150 e. The third-order valence-electron chi connectivity index (χ3n) is 5.50. The van der Waals surface area contributed by atoms with Gasteiger partial charge in [0, 0.05) is 16.7 Å². The number of benzene rings is 1. The normalized spacial score (nSPS) is 19.6. The molecule has 152 valence electrons. The van der Waals surface area contributed by atoms with Crippen molar-refractivity contribution < 1.29 is 9.53 Å². The molecule has 1 aromatic rings. The Morgan fingerprint density at radius 2 is 1.64 bits per heavy atom. The Hall–Kier alpha value is -2.13. The van der Waals surface area contributed by atoms with E-state index in [4.69, 9.17) is 4.74 Å². The summed E-state index contributed by atoms with van der Waals surface area (Å²) < 4.78 is 5.75. The van der Waals surface area contributed by atoms with E-state index >= 15 is 0 Å². The zero-order chi connectivity index (χ0) is 20.4. The fourth-order valence-corrected chi connectivity index (χ4v) is 3.58. The molecular weight excluding hydrogens is 346 g/mol. The maximum atomic E-state index is 10.8. The van der Waals surface area contributed by atoms with Crippen LogP contribution in [0.25, 0.3) is 6.08 Å². The zero-order valence-electron chi connectivity index (χ0n) is 17.9. The standard InChI is InChI=1S/C25H35NO2/c1-5-7-17-26(18-8-6-2)25(3)16-15-23(24(19-25)28-4)14-13-21-9-11-22(20-27)12-10-21/h9-15,19-20H,5-8,16-18H2,1-4H3/b14-13+. The van der Waals surface area contributed by atoms with Crippen molar-refractivity contribution in [3.8, 4) is 0 Å². The van der Waals surface area contributed by atoms with E-state index in [9.17, 15) is 4.79 Å². The Balaban J connectivity index is 2.17. The topological polar surface area (TPSA) is 29.5 Å². The first-order valence-electron chi connectivity index (χ1n) is 10.5. The lowest BCUT2D eigenvalue weighted by Gasteiger charge is -2.41. The number of hydrogen-bond acceptors (Lipinski definition) is 3. The Labute approximate surface area is 170 Å². The van der Waals surface area contributed by atoms with Crippen LogP contribution in [0, 0.1) is 0 Å². The summed E-state index contributed by atoms with van der Waals surface area (Å²) in [6.07, 6.45) is 15.5. The highest BCUT2D eigenvalue weighted by Crippen LogP contribution is 2.33. The van der Waals surface area contributed by atoms with Crippen LogP contribution in [-0.4, -0.2) is 36.9 Å². The van der Waals surface area contributed by atoms with Crippen LogP contribution < -0.4 is 0 Å². The summed E-state index contributed by atoms with van der Waals surface area (Å²) in [4.78, 5) is 13.4. The van der Waals surface area contributed by atoms with Crippen LogP contribution in [0.5, 0.6) is 0 Å². The molecule has 0 amide bonds. The third kappa shape index (κ3) is 5.93. The second kappa shape index (κ2) is 11.0. The Morgan fingerprint density at radius 3 is 2.18 bits per heavy atom. The molecule has 28 heavy (non-hydrogen) atoms. The first-order chi connectivity index (χ1) is 13.6. The zero-order valence-corrected chi connectivity index (χ0v) is 17.9. The minimum Gasteiger partial charge on any atom is -0.496 e. The molecule has 0 heterocycles. The maximum absolute atomic E-state index is 10.8. The van der Waals surface area contributed by atoms with Crippen molar-refractivity contribution in [3.63, 3.8) is 0 Å². The van der Waals surface area contributed by atoms with Gasteiger partial charge in [-0.1, -0.05) is 69.2 Å². The molecule has 0 saturated heterocycles. The van der Waals surface area contributed by atoms with Gasteiger partial charge in [0.25, 0.3) is 0 Å². The molecule has 0 aliphatic heterocycles. The lowest BCUT2D eigenvalue weighted by atomic mass is 9.86. The SMILES string of the molecule is CCCCN(CCCC)C1(C)C=C(OC)C(/C=C/c2ccc(C=O)cc2)=CC1. The van der Waals surface area contributed by atoms with Gasteiger partial charge in [0.05, 0.1) is 7.11 Å². The monoisotopic (exact) mass is 381 g/mol. The van der Waals surface area contributed by atoms with Crippen LogP contribution >= 0.6 is 0 Å². The number of allylic oxidation sites excluding steroid dienone is 1. The van der Waals surface area contributed by atoms with Gasteiger partial charge in [0.2, 0.25) is 0 Å². The van der Waals surface area contributed by atoms with Crippen LogP contribution in [0.2, 0.25) is 0 Å². The molecule has 2 rings (SSSR count). The van der Waals surface area contributed by atoms with Crippen molar-refractivity contribution >= 4 is 12.4 Å². The number of rotatable bonds is 11. The molecule has 0 aromatic heterocycles. The molecule has 0 spiro atoms. The number of carbonyl (C=O) groups excluding carboxylic acids is 1. The molecule has 3 nitrogen and oxygen atoms in total. The molecule has 3 heteroatoms. The first-order valence-corrected chi connectivity index (χ1v) is 10.5. The van der Waals surface area contributed by atoms with Gasteiger partial charge >= 0.3 is 0 Å². The van der Waals surface area contributed by atoms with Crippen LogP contribution in [-0.2, 0) is 4.74 Å². The van der Waals surface area contributed by atoms with E-state index in [2.05, 4.69) is 50.0 Å². The lowest BCUT2D eigenvalue weighted by Crippen LogP contribution is -2.47. The van der Waals surface area contributed by atoms with Crippen molar-refractivity contribution in [3.05, 3.63) is 65.0 Å². The third-order valence-corrected chi connectivity index (χ3v) is 5.50. The Kier molecular flexibility index (Phi) is 8.72. The van der Waals surface area contributed by atoms with E-state index in [1.165, 1.54) is 25.7 Å². The minimum atomic E-state index is -0.00136. The second-order valence-corrected chi connectivity index (χ2v) is 7.75. The van der Waals surface area contributed by atoms with Gasteiger partial charge in [0.1, 0.15) is 12.0 Å². The predicted octanol–water partition coefficient (Wildman–Crippen LogP) is 6.03. The number of carbonyl (C=O) groups is 1. The van der Waals surface area contributed by atoms with Crippen LogP contribution in [0.3, 0.4) is 0 Å². The Morgan fingerprint density at radius 1 is 1.04 bits per heavy atom. The van der Waals surface area contributed by atoms with Crippen molar-refractivity contribution in [2.75, 3.05) is 20.2 Å². The summed E-state index contributed by atoms with van der Waals surface area (Å²) in [7, 11) is 1.75. The molecule has 1 atom stereocenters. The van der Waals surface area contributed by atoms with Gasteiger partial charge in [-0.25, -0.2) is 0 Å². The molecule has 0 fully saturated rings. The van der Waals surface area contributed by atoms with Crippen molar-refractivity contribution in [2.45, 2.75) is 58.4 Å². The fourth-order valence-electron chi connectivity index (χ4n) is 3.58. The number of methoxy groups -OCH3 is 1. The minimum absolute atomic E-state index is 0.00136. The number of hydrogen-bond donors (Lipinski definition) is 0. The average Bonchev–Trinajstić information content (AvgIpc) is 2.73. The summed E-state index contributed by atoms with van der Waals surface area (Å²) in [5.41, 5.74) is 2.88. The first kappa shape index (κ1) is 22.2. The second-order valence-electron chi connectivity index (χ2n) is 7.75. The number of nitrogens with zero attached hydrogens (tertiary/aromatic N) is 1. The van der Waals surface area contributed by atoms with E-state index in [1.54, 1.807) is 7.11 Å². The van der Waals surface area contributed by atoms with Gasteiger partial charge in [-0.3, -0.25) is 9.69 Å². The summed E-state index contributed by atoms with van der Waals surface area (Å²) in [6.45, 7) is 9.09. The van der Waals surface area contributed by atoms with Gasteiger partial charge in [0.15, 0.2) is 0 Å². The molecule has 1 aliphatic carbocycles. The quantitative estimate of drug-likeness (QED) is 0.438. The molecule has 0 N–H and O–H groups in total. The lowest BCUT2D eigenvalue weighted by molar-refractivity contribution is 0.112. The van der Waals surface area contributed by atoms with E-state index in [0.717, 1.165) is 42.7 Å². The average molecular weight is 382 g/mol. The van der Waals surface area contributed by atoms with Crippen LogP contribution in [0.1, 0.15) is 68.8 Å². The molecular formula is C25H35NO2. The number of ether oxygens (including phenoxy) is 1. The van der Waals surface area contributed by atoms with Crippen LogP contribution in [0.4, 0.5) is 0 Å². The molecule has 0 saturated carbocycles. The highest BCUT2D eigenvalue weighted by molar-refractivity contribution is 5.75. The van der Waals surface area contributed by atoms with Gasteiger partial charge in [-0.15, -0.1) is 0 Å². The fraction of sp³-hybridized carbons (Fsp3) is 0.480. The van der Waals surface area contributed by atoms with Crippen molar-refractivity contribution in [1.82, 2.24) is 4.90 Å². The largest absolute Gasteiger partial charge is 0.496 e. The summed E-state index contributed by atoms with van der Waals surface area (Å²) in [6, 6.07) is 7.60. The molecule has 1 aromatic carbocycles. The predicted molar refractivity (Wildman–Crippen MR) is 118 cm³/mol. The molecule has 0 radical (unpaired) electrons. The van der Waals surface area contributed by atoms with E-state index in [0.29, 0.717) is 5.56 Å². The summed E-state index contributed by atoms with van der Waals surface area (Å²) in [5, 5.41) is 0. The Bertz CT molecular complexity index is 707.